The fraction of sp³-hybridized carbons (Fsp3) is 0. The summed E-state index contributed by atoms with van der Waals surface area (Å²) in [5.41, 5.74) is -0.541. The molecule has 2 N–H and O–H groups in total. The first-order valence-corrected chi connectivity index (χ1v) is 5.14. The molecule has 1 heterocycles. The Bertz CT molecular complexity index is 836. The topological polar surface area (TPSA) is 70.7 Å². The monoisotopic (exact) mass is 246 g/mol. The molecule has 0 radical (unpaired) electrons. The van der Waals surface area contributed by atoms with Gasteiger partial charge in [-0.05, 0) is 24.3 Å². The summed E-state index contributed by atoms with van der Waals surface area (Å²) >= 11 is 0. The molecule has 0 aliphatic rings. The zero-order valence-corrected chi connectivity index (χ0v) is 8.98. The molecule has 0 aliphatic heterocycles. The molecule has 0 amide bonds. The van der Waals surface area contributed by atoms with E-state index in [0.29, 0.717) is 5.39 Å². The van der Waals surface area contributed by atoms with Crippen LogP contribution in [0.25, 0.3) is 21.7 Å². The van der Waals surface area contributed by atoms with Crippen LogP contribution in [0.1, 0.15) is 0 Å². The van der Waals surface area contributed by atoms with E-state index < -0.39 is 17.2 Å². The van der Waals surface area contributed by atoms with E-state index in [1.165, 1.54) is 24.3 Å². The maximum atomic E-state index is 13.2. The first-order chi connectivity index (χ1) is 8.56. The van der Waals surface area contributed by atoms with E-state index >= 15 is 0 Å². The van der Waals surface area contributed by atoms with Crippen LogP contribution in [0, 0.1) is 5.82 Å². The van der Waals surface area contributed by atoms with Gasteiger partial charge in [-0.2, -0.15) is 0 Å². The number of phenolic OH excluding ortho intramolecular Hbond substituents is 2. The number of hydrogen-bond donors (Lipinski definition) is 2. The molecule has 0 saturated heterocycles. The van der Waals surface area contributed by atoms with E-state index in [4.69, 9.17) is 4.42 Å². The van der Waals surface area contributed by atoms with Gasteiger partial charge in [0.2, 0.25) is 0 Å². The average molecular weight is 246 g/mol. The summed E-state index contributed by atoms with van der Waals surface area (Å²) in [5.74, 6) is -1.11. The molecule has 0 fully saturated rings. The highest BCUT2D eigenvalue weighted by Crippen LogP contribution is 2.32. The van der Waals surface area contributed by atoms with E-state index in [2.05, 4.69) is 0 Å². The number of benzene rings is 2. The minimum absolute atomic E-state index is 0.0779. The third-order valence-corrected chi connectivity index (χ3v) is 2.74. The Hall–Kier alpha value is -2.56. The predicted molar refractivity (Wildman–Crippen MR) is 63.3 cm³/mol. The van der Waals surface area contributed by atoms with Gasteiger partial charge in [-0.3, -0.25) is 0 Å². The van der Waals surface area contributed by atoms with Crippen LogP contribution in [-0.4, -0.2) is 10.2 Å². The normalized spacial score (nSPS) is 11.2. The fourth-order valence-corrected chi connectivity index (χ4v) is 1.99. The van der Waals surface area contributed by atoms with Crippen molar-refractivity contribution in [2.24, 2.45) is 0 Å². The van der Waals surface area contributed by atoms with Gasteiger partial charge >= 0.3 is 5.63 Å². The van der Waals surface area contributed by atoms with Crippen molar-refractivity contribution in [2.45, 2.75) is 0 Å². The second kappa shape index (κ2) is 3.46. The highest BCUT2D eigenvalue weighted by atomic mass is 19.1. The third kappa shape index (κ3) is 1.41. The zero-order valence-electron chi connectivity index (χ0n) is 8.98. The smallest absolute Gasteiger partial charge is 0.347 e. The Morgan fingerprint density at radius 2 is 1.83 bits per heavy atom. The summed E-state index contributed by atoms with van der Waals surface area (Å²) in [6.45, 7) is 0. The SMILES string of the molecule is O=c1oc2ccc(F)cc2c2cc(O)cc(O)c12. The van der Waals surface area contributed by atoms with E-state index in [1.807, 2.05) is 0 Å². The predicted octanol–water partition coefficient (Wildman–Crippen LogP) is 2.50. The minimum atomic E-state index is -0.735. The van der Waals surface area contributed by atoms with Gasteiger partial charge in [0.25, 0.3) is 0 Å². The van der Waals surface area contributed by atoms with Crippen molar-refractivity contribution in [1.29, 1.82) is 0 Å². The third-order valence-electron chi connectivity index (χ3n) is 2.74. The lowest BCUT2D eigenvalue weighted by molar-refractivity contribution is 0.453. The Kier molecular flexibility index (Phi) is 2.04. The van der Waals surface area contributed by atoms with E-state index in [-0.39, 0.29) is 22.1 Å². The number of fused-ring (bicyclic) bond motifs is 3. The highest BCUT2D eigenvalue weighted by Gasteiger charge is 2.13. The van der Waals surface area contributed by atoms with Crippen molar-refractivity contribution in [3.05, 3.63) is 46.6 Å². The quantitative estimate of drug-likeness (QED) is 0.472. The maximum absolute atomic E-state index is 13.2. The van der Waals surface area contributed by atoms with Crippen LogP contribution in [-0.2, 0) is 0 Å². The Morgan fingerprint density at radius 3 is 2.61 bits per heavy atom. The molecule has 5 heteroatoms. The lowest BCUT2D eigenvalue weighted by Gasteiger charge is -2.05. The van der Waals surface area contributed by atoms with Gasteiger partial charge in [0.15, 0.2) is 0 Å². The van der Waals surface area contributed by atoms with Crippen molar-refractivity contribution in [2.75, 3.05) is 0 Å². The maximum Gasteiger partial charge on any atom is 0.347 e. The molecule has 4 nitrogen and oxygen atoms in total. The lowest BCUT2D eigenvalue weighted by Crippen LogP contribution is -2.00. The molecule has 0 aliphatic carbocycles. The van der Waals surface area contributed by atoms with Crippen molar-refractivity contribution < 1.29 is 19.0 Å². The van der Waals surface area contributed by atoms with E-state index in [1.54, 1.807) is 0 Å². The van der Waals surface area contributed by atoms with Gasteiger partial charge in [0.05, 0.1) is 0 Å². The summed E-state index contributed by atoms with van der Waals surface area (Å²) in [5, 5.41) is 19.6. The molecule has 1 aromatic heterocycles. The second-order valence-electron chi connectivity index (χ2n) is 3.92. The standard InChI is InChI=1S/C13H7FO4/c14-6-1-2-11-8(3-6)9-4-7(15)5-10(16)12(9)13(17)18-11/h1-5,15-16H. The molecule has 3 aromatic rings. The second-order valence-corrected chi connectivity index (χ2v) is 3.92. The summed E-state index contributed by atoms with van der Waals surface area (Å²) in [6.07, 6.45) is 0. The van der Waals surface area contributed by atoms with Crippen LogP contribution < -0.4 is 5.63 Å². The molecule has 0 saturated carbocycles. The molecule has 90 valence electrons. The van der Waals surface area contributed by atoms with Crippen molar-refractivity contribution >= 4 is 21.7 Å². The largest absolute Gasteiger partial charge is 0.508 e. The summed E-state index contributed by atoms with van der Waals surface area (Å²) in [4.78, 5) is 11.7. The summed E-state index contributed by atoms with van der Waals surface area (Å²) < 4.78 is 18.2. The molecular formula is C13H7FO4. The molecule has 0 unspecified atom stereocenters. The van der Waals surface area contributed by atoms with Crippen LogP contribution in [0.15, 0.2) is 39.5 Å². The lowest BCUT2D eigenvalue weighted by atomic mass is 10.1. The van der Waals surface area contributed by atoms with Crippen molar-refractivity contribution in [3.63, 3.8) is 0 Å². The highest BCUT2D eigenvalue weighted by molar-refractivity contribution is 6.06. The molecule has 0 atom stereocenters. The molecule has 3 rings (SSSR count). The molecule has 0 bridgehead atoms. The van der Waals surface area contributed by atoms with Crippen LogP contribution in [0.2, 0.25) is 0 Å². The van der Waals surface area contributed by atoms with Crippen molar-refractivity contribution in [3.8, 4) is 11.5 Å². The fourth-order valence-electron chi connectivity index (χ4n) is 1.99. The molecular weight excluding hydrogens is 239 g/mol. The number of halogens is 1. The Morgan fingerprint density at radius 1 is 1.06 bits per heavy atom. The number of aromatic hydroxyl groups is 2. The molecule has 0 spiro atoms. The Labute approximate surface area is 99.5 Å². The minimum Gasteiger partial charge on any atom is -0.508 e. The van der Waals surface area contributed by atoms with Gasteiger partial charge in [0, 0.05) is 16.8 Å². The van der Waals surface area contributed by atoms with Gasteiger partial charge in [-0.1, -0.05) is 0 Å². The number of rotatable bonds is 0. The molecule has 18 heavy (non-hydrogen) atoms. The number of hydrogen-bond acceptors (Lipinski definition) is 4. The van der Waals surface area contributed by atoms with Gasteiger partial charge in [-0.15, -0.1) is 0 Å². The number of phenols is 2. The van der Waals surface area contributed by atoms with E-state index in [0.717, 1.165) is 6.07 Å². The van der Waals surface area contributed by atoms with Crippen LogP contribution in [0.4, 0.5) is 4.39 Å². The van der Waals surface area contributed by atoms with Crippen molar-refractivity contribution in [1.82, 2.24) is 0 Å². The van der Waals surface area contributed by atoms with E-state index in [9.17, 15) is 19.4 Å². The first-order valence-electron chi connectivity index (χ1n) is 5.14. The summed E-state index contributed by atoms with van der Waals surface area (Å²) in [6, 6.07) is 5.99. The summed E-state index contributed by atoms with van der Waals surface area (Å²) in [7, 11) is 0. The Balaban J connectivity index is 2.67. The van der Waals surface area contributed by atoms with Gasteiger partial charge in [-0.25, -0.2) is 9.18 Å². The molecule has 2 aromatic carbocycles. The average Bonchev–Trinajstić information content (AvgIpc) is 2.29. The first kappa shape index (κ1) is 10.6. The zero-order chi connectivity index (χ0) is 12.9. The van der Waals surface area contributed by atoms with Crippen LogP contribution in [0.3, 0.4) is 0 Å². The van der Waals surface area contributed by atoms with Crippen LogP contribution >= 0.6 is 0 Å². The van der Waals surface area contributed by atoms with Crippen LogP contribution in [0.5, 0.6) is 11.5 Å². The van der Waals surface area contributed by atoms with Gasteiger partial charge < -0.3 is 14.6 Å². The van der Waals surface area contributed by atoms with Gasteiger partial charge in [0.1, 0.15) is 28.3 Å².